The van der Waals surface area contributed by atoms with E-state index in [9.17, 15) is 0 Å². The summed E-state index contributed by atoms with van der Waals surface area (Å²) < 4.78 is 0. The molecule has 0 amide bonds. The molecule has 1 saturated heterocycles. The summed E-state index contributed by atoms with van der Waals surface area (Å²) in [7, 11) is 0. The highest BCUT2D eigenvalue weighted by molar-refractivity contribution is 6.34. The summed E-state index contributed by atoms with van der Waals surface area (Å²) in [6.45, 7) is 9.69. The second-order valence-electron chi connectivity index (χ2n) is 5.49. The number of aryl methyl sites for hydroxylation is 1. The Hall–Kier alpha value is -0.730. The monoisotopic (exact) mass is 252 g/mol. The molecule has 1 aromatic carbocycles. The molecule has 2 nitrogen and oxygen atoms in total. The standard InChI is InChI=1S/C14H21ClN2/c1-11-6-4-7-12(13(11)15)17-9-5-8-16-14(2,3)10-17/h4,6-7,16H,5,8-10H2,1-3H3. The van der Waals surface area contributed by atoms with Crippen LogP contribution in [-0.4, -0.2) is 25.2 Å². The largest absolute Gasteiger partial charge is 0.368 e. The first-order valence-corrected chi connectivity index (χ1v) is 6.62. The van der Waals surface area contributed by atoms with Gasteiger partial charge in [0.2, 0.25) is 0 Å². The Morgan fingerprint density at radius 2 is 2.12 bits per heavy atom. The molecule has 0 aliphatic carbocycles. The summed E-state index contributed by atoms with van der Waals surface area (Å²) in [5.41, 5.74) is 2.46. The number of halogens is 1. The maximum Gasteiger partial charge on any atom is 0.0668 e. The van der Waals surface area contributed by atoms with E-state index in [2.05, 4.69) is 49.2 Å². The van der Waals surface area contributed by atoms with E-state index in [1.807, 2.05) is 0 Å². The molecule has 0 unspecified atom stereocenters. The molecule has 0 spiro atoms. The topological polar surface area (TPSA) is 15.3 Å². The second kappa shape index (κ2) is 4.87. The molecule has 0 saturated carbocycles. The molecule has 0 radical (unpaired) electrons. The van der Waals surface area contributed by atoms with Gasteiger partial charge < -0.3 is 10.2 Å². The average molecular weight is 253 g/mol. The van der Waals surface area contributed by atoms with Crippen LogP contribution in [-0.2, 0) is 0 Å². The summed E-state index contributed by atoms with van der Waals surface area (Å²) >= 11 is 6.41. The highest BCUT2D eigenvalue weighted by Gasteiger charge is 2.25. The van der Waals surface area contributed by atoms with Crippen molar-refractivity contribution in [2.75, 3.05) is 24.5 Å². The summed E-state index contributed by atoms with van der Waals surface area (Å²) in [4.78, 5) is 2.40. The molecule has 1 fully saturated rings. The number of rotatable bonds is 1. The van der Waals surface area contributed by atoms with Crippen molar-refractivity contribution in [1.82, 2.24) is 5.32 Å². The van der Waals surface area contributed by atoms with Crippen molar-refractivity contribution >= 4 is 17.3 Å². The molecule has 0 bridgehead atoms. The number of nitrogens with zero attached hydrogens (tertiary/aromatic N) is 1. The third kappa shape index (κ3) is 2.93. The van der Waals surface area contributed by atoms with Gasteiger partial charge in [0.1, 0.15) is 0 Å². The third-order valence-corrected chi connectivity index (χ3v) is 3.80. The van der Waals surface area contributed by atoms with Gasteiger partial charge in [-0.05, 0) is 45.4 Å². The molecule has 1 heterocycles. The molecule has 1 N–H and O–H groups in total. The molecule has 1 aromatic rings. The first-order valence-electron chi connectivity index (χ1n) is 6.25. The summed E-state index contributed by atoms with van der Waals surface area (Å²) in [5, 5.41) is 4.46. The summed E-state index contributed by atoms with van der Waals surface area (Å²) in [5.74, 6) is 0. The van der Waals surface area contributed by atoms with E-state index in [4.69, 9.17) is 11.6 Å². The lowest BCUT2D eigenvalue weighted by atomic mass is 10.1. The van der Waals surface area contributed by atoms with Crippen molar-refractivity contribution in [2.24, 2.45) is 0 Å². The molecule has 3 heteroatoms. The smallest absolute Gasteiger partial charge is 0.0668 e. The maximum absolute atomic E-state index is 6.41. The summed E-state index contributed by atoms with van der Waals surface area (Å²) in [6, 6.07) is 6.27. The van der Waals surface area contributed by atoms with Crippen molar-refractivity contribution in [3.05, 3.63) is 28.8 Å². The first-order chi connectivity index (χ1) is 7.99. The average Bonchev–Trinajstić information content (AvgIpc) is 2.43. The fraction of sp³-hybridized carbons (Fsp3) is 0.571. The fourth-order valence-electron chi connectivity index (χ4n) is 2.39. The predicted octanol–water partition coefficient (Wildman–Crippen LogP) is 3.23. The van der Waals surface area contributed by atoms with E-state index in [0.29, 0.717) is 0 Å². The molecule has 94 valence electrons. The molecule has 2 rings (SSSR count). The minimum Gasteiger partial charge on any atom is -0.368 e. The van der Waals surface area contributed by atoms with Crippen LogP contribution in [0.5, 0.6) is 0 Å². The van der Waals surface area contributed by atoms with Crippen LogP contribution in [0.4, 0.5) is 5.69 Å². The molecular formula is C14H21ClN2. The van der Waals surface area contributed by atoms with Crippen molar-refractivity contribution in [2.45, 2.75) is 32.7 Å². The van der Waals surface area contributed by atoms with E-state index in [1.54, 1.807) is 0 Å². The maximum atomic E-state index is 6.41. The molecule has 0 atom stereocenters. The van der Waals surface area contributed by atoms with E-state index in [1.165, 1.54) is 5.69 Å². The van der Waals surface area contributed by atoms with Crippen LogP contribution in [0.3, 0.4) is 0 Å². The van der Waals surface area contributed by atoms with Gasteiger partial charge in [-0.1, -0.05) is 23.7 Å². The van der Waals surface area contributed by atoms with Crippen LogP contribution >= 0.6 is 11.6 Å². The van der Waals surface area contributed by atoms with Gasteiger partial charge in [-0.2, -0.15) is 0 Å². The predicted molar refractivity (Wildman–Crippen MR) is 75.1 cm³/mol. The Morgan fingerprint density at radius 3 is 2.88 bits per heavy atom. The highest BCUT2D eigenvalue weighted by Crippen LogP contribution is 2.30. The molecular weight excluding hydrogens is 232 g/mol. The van der Waals surface area contributed by atoms with Crippen LogP contribution in [0.25, 0.3) is 0 Å². The van der Waals surface area contributed by atoms with Crippen molar-refractivity contribution in [3.63, 3.8) is 0 Å². The summed E-state index contributed by atoms with van der Waals surface area (Å²) in [6.07, 6.45) is 1.16. The van der Waals surface area contributed by atoms with Gasteiger partial charge in [-0.15, -0.1) is 0 Å². The zero-order chi connectivity index (χ0) is 12.5. The Kier molecular flexibility index (Phi) is 3.64. The second-order valence-corrected chi connectivity index (χ2v) is 5.87. The van der Waals surface area contributed by atoms with E-state index >= 15 is 0 Å². The van der Waals surface area contributed by atoms with Crippen LogP contribution in [0.1, 0.15) is 25.8 Å². The Morgan fingerprint density at radius 1 is 1.35 bits per heavy atom. The number of benzene rings is 1. The van der Waals surface area contributed by atoms with Crippen molar-refractivity contribution < 1.29 is 0 Å². The van der Waals surface area contributed by atoms with Crippen LogP contribution in [0, 0.1) is 6.92 Å². The third-order valence-electron chi connectivity index (χ3n) is 3.31. The van der Waals surface area contributed by atoms with E-state index in [-0.39, 0.29) is 5.54 Å². The lowest BCUT2D eigenvalue weighted by Gasteiger charge is -2.32. The molecule has 1 aliphatic heterocycles. The van der Waals surface area contributed by atoms with Crippen LogP contribution in [0.15, 0.2) is 18.2 Å². The van der Waals surface area contributed by atoms with Gasteiger partial charge in [0.05, 0.1) is 10.7 Å². The number of hydrogen-bond acceptors (Lipinski definition) is 2. The SMILES string of the molecule is Cc1cccc(N2CCCNC(C)(C)C2)c1Cl. The number of hydrogen-bond donors (Lipinski definition) is 1. The van der Waals surface area contributed by atoms with Gasteiger partial charge in [-0.3, -0.25) is 0 Å². The van der Waals surface area contributed by atoms with Crippen LogP contribution in [0.2, 0.25) is 5.02 Å². The molecule has 1 aliphatic rings. The Balaban J connectivity index is 2.29. The van der Waals surface area contributed by atoms with Gasteiger partial charge in [-0.25, -0.2) is 0 Å². The number of nitrogens with one attached hydrogen (secondary N) is 1. The van der Waals surface area contributed by atoms with Crippen molar-refractivity contribution in [3.8, 4) is 0 Å². The van der Waals surface area contributed by atoms with Gasteiger partial charge in [0.15, 0.2) is 0 Å². The quantitative estimate of drug-likeness (QED) is 0.826. The zero-order valence-electron chi connectivity index (χ0n) is 10.9. The van der Waals surface area contributed by atoms with Gasteiger partial charge in [0, 0.05) is 18.6 Å². The molecule has 17 heavy (non-hydrogen) atoms. The Labute approximate surface area is 109 Å². The van der Waals surface area contributed by atoms with Gasteiger partial charge >= 0.3 is 0 Å². The zero-order valence-corrected chi connectivity index (χ0v) is 11.6. The minimum absolute atomic E-state index is 0.142. The molecule has 0 aromatic heterocycles. The van der Waals surface area contributed by atoms with E-state index < -0.39 is 0 Å². The van der Waals surface area contributed by atoms with Crippen LogP contribution < -0.4 is 10.2 Å². The minimum atomic E-state index is 0.142. The van der Waals surface area contributed by atoms with Crippen molar-refractivity contribution in [1.29, 1.82) is 0 Å². The lowest BCUT2D eigenvalue weighted by Crippen LogP contribution is -2.46. The lowest BCUT2D eigenvalue weighted by molar-refractivity contribution is 0.416. The van der Waals surface area contributed by atoms with Gasteiger partial charge in [0.25, 0.3) is 0 Å². The normalized spacial score (nSPS) is 20.1. The first kappa shape index (κ1) is 12.7. The fourth-order valence-corrected chi connectivity index (χ4v) is 2.64. The highest BCUT2D eigenvalue weighted by atomic mass is 35.5. The number of anilines is 1. The van der Waals surface area contributed by atoms with E-state index in [0.717, 1.165) is 36.6 Å². The Bertz CT molecular complexity index is 401.